The molecule has 0 aliphatic carbocycles. The van der Waals surface area contributed by atoms with Crippen molar-refractivity contribution in [3.05, 3.63) is 71.0 Å². The molecule has 1 aliphatic heterocycles. The number of hydrogen-bond acceptors (Lipinski definition) is 5. The normalized spacial score (nSPS) is 17.0. The monoisotopic (exact) mass is 371 g/mol. The third-order valence-electron chi connectivity index (χ3n) is 4.01. The van der Waals surface area contributed by atoms with Crippen LogP contribution in [0.1, 0.15) is 21.3 Å². The number of benzene rings is 2. The molecule has 0 spiro atoms. The summed E-state index contributed by atoms with van der Waals surface area (Å²) in [5.41, 5.74) is 2.46. The van der Waals surface area contributed by atoms with Crippen LogP contribution in [0.2, 0.25) is 5.02 Å². The van der Waals surface area contributed by atoms with Gasteiger partial charge in [0.25, 0.3) is 5.91 Å². The Bertz CT molecular complexity index is 884. The van der Waals surface area contributed by atoms with Crippen LogP contribution in [0, 0.1) is 0 Å². The van der Waals surface area contributed by atoms with Crippen LogP contribution in [-0.2, 0) is 0 Å². The molecule has 3 aromatic rings. The van der Waals surface area contributed by atoms with Crippen LogP contribution in [0.15, 0.2) is 54.9 Å². The molecule has 2 aromatic carbocycles. The molecule has 8 heteroatoms. The van der Waals surface area contributed by atoms with Crippen LogP contribution >= 0.6 is 23.4 Å². The van der Waals surface area contributed by atoms with Gasteiger partial charge in [-0.2, -0.15) is 0 Å². The van der Waals surface area contributed by atoms with Crippen molar-refractivity contribution in [3.8, 4) is 5.69 Å². The van der Waals surface area contributed by atoms with Crippen molar-refractivity contribution in [2.45, 2.75) is 5.37 Å². The van der Waals surface area contributed by atoms with Gasteiger partial charge in [0.05, 0.1) is 5.69 Å². The summed E-state index contributed by atoms with van der Waals surface area (Å²) in [5, 5.41) is 11.8. The molecule has 1 saturated heterocycles. The van der Waals surface area contributed by atoms with E-state index in [1.807, 2.05) is 47.4 Å². The Morgan fingerprint density at radius 2 is 2.04 bits per heavy atom. The summed E-state index contributed by atoms with van der Waals surface area (Å²) in [7, 11) is 0. The Balaban J connectivity index is 1.61. The van der Waals surface area contributed by atoms with Crippen molar-refractivity contribution in [2.75, 3.05) is 12.3 Å². The molecular formula is C17H14ClN5OS. The molecule has 0 saturated carbocycles. The maximum absolute atomic E-state index is 13.0. The van der Waals surface area contributed by atoms with Gasteiger partial charge in [0.1, 0.15) is 11.7 Å². The fourth-order valence-corrected chi connectivity index (χ4v) is 4.19. The highest BCUT2D eigenvalue weighted by Gasteiger charge is 2.31. The summed E-state index contributed by atoms with van der Waals surface area (Å²) in [6.07, 6.45) is 1.51. The molecule has 1 fully saturated rings. The van der Waals surface area contributed by atoms with Crippen LogP contribution in [0.4, 0.5) is 0 Å². The molecular weight excluding hydrogens is 358 g/mol. The van der Waals surface area contributed by atoms with E-state index in [-0.39, 0.29) is 11.3 Å². The smallest absolute Gasteiger partial charge is 0.255 e. The van der Waals surface area contributed by atoms with Gasteiger partial charge in [-0.05, 0) is 46.3 Å². The third-order valence-corrected chi connectivity index (χ3v) is 5.53. The summed E-state index contributed by atoms with van der Waals surface area (Å²) in [5.74, 6) is 0.908. The Morgan fingerprint density at radius 1 is 1.20 bits per heavy atom. The minimum absolute atomic E-state index is 0.000116. The average molecular weight is 372 g/mol. The predicted molar refractivity (Wildman–Crippen MR) is 96.8 cm³/mol. The maximum atomic E-state index is 13.0. The first-order chi connectivity index (χ1) is 12.2. The van der Waals surface area contributed by atoms with E-state index in [0.29, 0.717) is 17.1 Å². The van der Waals surface area contributed by atoms with Crippen LogP contribution in [0.5, 0.6) is 0 Å². The van der Waals surface area contributed by atoms with E-state index >= 15 is 0 Å². The number of aromatic nitrogens is 4. The van der Waals surface area contributed by atoms with Crippen molar-refractivity contribution in [1.29, 1.82) is 0 Å². The van der Waals surface area contributed by atoms with Crippen LogP contribution < -0.4 is 0 Å². The third kappa shape index (κ3) is 3.25. The van der Waals surface area contributed by atoms with Gasteiger partial charge in [-0.25, -0.2) is 4.68 Å². The molecule has 1 aromatic heterocycles. The largest absolute Gasteiger partial charge is 0.322 e. The fourth-order valence-electron chi connectivity index (χ4n) is 2.81. The van der Waals surface area contributed by atoms with Crippen molar-refractivity contribution >= 4 is 29.3 Å². The number of amides is 1. The lowest BCUT2D eigenvalue weighted by atomic mass is 10.1. The summed E-state index contributed by atoms with van der Waals surface area (Å²) < 4.78 is 1.53. The molecule has 25 heavy (non-hydrogen) atoms. The lowest BCUT2D eigenvalue weighted by Crippen LogP contribution is -2.30. The molecule has 4 rings (SSSR count). The van der Waals surface area contributed by atoms with E-state index < -0.39 is 0 Å². The molecule has 126 valence electrons. The van der Waals surface area contributed by atoms with Gasteiger partial charge in [0, 0.05) is 22.9 Å². The van der Waals surface area contributed by atoms with Crippen LogP contribution in [-0.4, -0.2) is 43.3 Å². The Hall–Kier alpha value is -2.38. The molecule has 2 heterocycles. The number of carbonyl (C=O) groups is 1. The zero-order valence-corrected chi connectivity index (χ0v) is 14.7. The number of nitrogens with zero attached hydrogens (tertiary/aromatic N) is 5. The lowest BCUT2D eigenvalue weighted by molar-refractivity contribution is 0.0760. The second-order valence-electron chi connectivity index (χ2n) is 5.58. The number of rotatable bonds is 3. The van der Waals surface area contributed by atoms with E-state index in [9.17, 15) is 4.79 Å². The molecule has 0 radical (unpaired) electrons. The highest BCUT2D eigenvalue weighted by Crippen LogP contribution is 2.39. The van der Waals surface area contributed by atoms with Crippen molar-refractivity contribution in [1.82, 2.24) is 25.1 Å². The van der Waals surface area contributed by atoms with Crippen molar-refractivity contribution < 1.29 is 4.79 Å². The van der Waals surface area contributed by atoms with Gasteiger partial charge >= 0.3 is 0 Å². The zero-order valence-electron chi connectivity index (χ0n) is 13.1. The molecule has 6 nitrogen and oxygen atoms in total. The number of halogens is 1. The second-order valence-corrected chi connectivity index (χ2v) is 7.20. The van der Waals surface area contributed by atoms with Gasteiger partial charge in [-0.1, -0.05) is 29.8 Å². The molecule has 0 N–H and O–H groups in total. The predicted octanol–water partition coefficient (Wildman–Crippen LogP) is 3.20. The van der Waals surface area contributed by atoms with E-state index in [2.05, 4.69) is 15.5 Å². The summed E-state index contributed by atoms with van der Waals surface area (Å²) in [6.45, 7) is 0.714. The lowest BCUT2D eigenvalue weighted by Gasteiger charge is -2.24. The number of thioether (sulfide) groups is 1. The van der Waals surface area contributed by atoms with Crippen molar-refractivity contribution in [3.63, 3.8) is 0 Å². The number of carbonyl (C=O) groups excluding carboxylic acids is 1. The highest BCUT2D eigenvalue weighted by molar-refractivity contribution is 7.99. The van der Waals surface area contributed by atoms with Crippen molar-refractivity contribution in [2.24, 2.45) is 0 Å². The van der Waals surface area contributed by atoms with E-state index in [1.54, 1.807) is 17.8 Å². The Kier molecular flexibility index (Phi) is 4.42. The van der Waals surface area contributed by atoms with Gasteiger partial charge in [-0.15, -0.1) is 16.9 Å². The number of hydrogen-bond donors (Lipinski definition) is 0. The quantitative estimate of drug-likeness (QED) is 0.707. The SMILES string of the molecule is O=C(c1cccc(-n2cnnn2)c1)N1CCSC1c1ccc(Cl)cc1. The van der Waals surface area contributed by atoms with Crippen LogP contribution in [0.25, 0.3) is 5.69 Å². The molecule has 1 atom stereocenters. The topological polar surface area (TPSA) is 63.9 Å². The van der Waals surface area contributed by atoms with E-state index in [1.165, 1.54) is 11.0 Å². The minimum atomic E-state index is -0.000116. The first kappa shape index (κ1) is 16.1. The Morgan fingerprint density at radius 3 is 2.80 bits per heavy atom. The molecule has 0 bridgehead atoms. The summed E-state index contributed by atoms with van der Waals surface area (Å²) in [6, 6.07) is 15.0. The Labute approximate surface area is 153 Å². The molecule has 1 aliphatic rings. The fraction of sp³-hybridized carbons (Fsp3) is 0.176. The zero-order chi connectivity index (χ0) is 17.2. The van der Waals surface area contributed by atoms with Gasteiger partial charge < -0.3 is 4.90 Å². The standard InChI is InChI=1S/C17H14ClN5OS/c18-14-6-4-12(5-7-14)17-22(8-9-25-17)16(24)13-2-1-3-15(10-13)23-11-19-20-21-23/h1-7,10-11,17H,8-9H2. The summed E-state index contributed by atoms with van der Waals surface area (Å²) >= 11 is 7.73. The average Bonchev–Trinajstić information content (AvgIpc) is 3.34. The van der Waals surface area contributed by atoms with Crippen LogP contribution in [0.3, 0.4) is 0 Å². The first-order valence-corrected chi connectivity index (χ1v) is 9.16. The maximum Gasteiger partial charge on any atom is 0.255 e. The van der Waals surface area contributed by atoms with Gasteiger partial charge in [0.15, 0.2) is 0 Å². The highest BCUT2D eigenvalue weighted by atomic mass is 35.5. The van der Waals surface area contributed by atoms with Gasteiger partial charge in [0.2, 0.25) is 0 Å². The second kappa shape index (κ2) is 6.85. The molecule has 1 amide bonds. The van der Waals surface area contributed by atoms with Gasteiger partial charge in [-0.3, -0.25) is 4.79 Å². The van der Waals surface area contributed by atoms with E-state index in [4.69, 9.17) is 11.6 Å². The van der Waals surface area contributed by atoms with E-state index in [0.717, 1.165) is 17.0 Å². The molecule has 1 unspecified atom stereocenters. The first-order valence-electron chi connectivity index (χ1n) is 7.74. The minimum Gasteiger partial charge on any atom is -0.322 e. The number of tetrazole rings is 1. The summed E-state index contributed by atoms with van der Waals surface area (Å²) in [4.78, 5) is 14.9.